The first-order valence-corrected chi connectivity index (χ1v) is 19.7. The number of hydrogen-bond donors (Lipinski definition) is 2. The third-order valence-electron chi connectivity index (χ3n) is 9.57. The van der Waals surface area contributed by atoms with E-state index in [4.69, 9.17) is 14.7 Å². The zero-order chi connectivity index (χ0) is 36.6. The number of hydrogen-bond acceptors (Lipinski definition) is 10. The molecule has 2 aromatic carbocycles. The number of ether oxygens (including phenoxy) is 1. The second-order valence-electron chi connectivity index (χ2n) is 15.0. The van der Waals surface area contributed by atoms with E-state index in [0.717, 1.165) is 60.6 Å². The van der Waals surface area contributed by atoms with E-state index in [1.807, 2.05) is 25.1 Å². The first kappa shape index (κ1) is 38.9. The van der Waals surface area contributed by atoms with E-state index < -0.39 is 0 Å². The number of benzene rings is 2. The van der Waals surface area contributed by atoms with E-state index in [0.29, 0.717) is 44.7 Å². The third kappa shape index (κ3) is 11.1. The lowest BCUT2D eigenvalue weighted by atomic mass is 9.54. The number of aromatic nitrogens is 4. The van der Waals surface area contributed by atoms with Crippen LogP contribution in [0.15, 0.2) is 69.5 Å². The molecule has 1 saturated heterocycles. The molecule has 1 aliphatic carbocycles. The predicted molar refractivity (Wildman–Crippen MR) is 210 cm³/mol. The molecule has 0 amide bonds. The molecule has 6 rings (SSSR count). The summed E-state index contributed by atoms with van der Waals surface area (Å²) in [6.45, 7) is 17.1. The van der Waals surface area contributed by atoms with Crippen molar-refractivity contribution in [2.75, 3.05) is 70.7 Å². The molecule has 2 fully saturated rings. The van der Waals surface area contributed by atoms with Crippen molar-refractivity contribution in [1.82, 2.24) is 30.0 Å². The van der Waals surface area contributed by atoms with Crippen molar-refractivity contribution in [3.8, 4) is 5.75 Å². The van der Waals surface area contributed by atoms with E-state index in [9.17, 15) is 4.39 Å². The normalized spacial score (nSPS) is 16.7. The average Bonchev–Trinajstić information content (AvgIpc) is 3.51. The molecule has 0 radical (unpaired) electrons. The standard InChI is InChI=1S/C30H37FN8OS2.C9H18/c1-21-19-26(36-35-21)32-28-27(40-4)29(39-17-15-38(16-18-39)14-13-37(2)3)34-30(33-28)42-24-11-9-23(10-12-24)41-20-22-7-5-6-8-25(22)31;1-5-9(4)6-8(2,3)7-9/h5-12,19H,13-18,20H2,1-4H3,(H2,32,33,34,35,36);5-7H2,1-4H3. The number of methoxy groups -OCH3 is 1. The van der Waals surface area contributed by atoms with Crippen molar-refractivity contribution in [3.05, 3.63) is 71.7 Å². The van der Waals surface area contributed by atoms with Gasteiger partial charge in [0.2, 0.25) is 5.75 Å². The van der Waals surface area contributed by atoms with E-state index >= 15 is 0 Å². The SMILES string of the molecule is CCC1(C)CC(C)(C)C1.COc1c(Nc2cc(C)[nH]n2)nc(Sc2ccc(SCc3ccccc3F)cc2)nc1N1CCN(CCN(C)C)CC1. The lowest BCUT2D eigenvalue weighted by Gasteiger charge is -2.51. The van der Waals surface area contributed by atoms with Gasteiger partial charge in [-0.2, -0.15) is 5.10 Å². The highest BCUT2D eigenvalue weighted by Gasteiger charge is 2.43. The fourth-order valence-electron chi connectivity index (χ4n) is 7.07. The van der Waals surface area contributed by atoms with Crippen LogP contribution < -0.4 is 15.0 Å². The Morgan fingerprint density at radius 2 is 1.67 bits per heavy atom. The van der Waals surface area contributed by atoms with Gasteiger partial charge in [0.05, 0.1) is 7.11 Å². The van der Waals surface area contributed by atoms with Crippen LogP contribution in [-0.2, 0) is 5.75 Å². The molecule has 1 saturated carbocycles. The summed E-state index contributed by atoms with van der Waals surface area (Å²) in [4.78, 5) is 18.9. The van der Waals surface area contributed by atoms with Gasteiger partial charge in [-0.25, -0.2) is 14.4 Å². The molecular weight excluding hydrogens is 680 g/mol. The average molecular weight is 735 g/mol. The lowest BCUT2D eigenvalue weighted by molar-refractivity contribution is 0.000280. The topological polar surface area (TPSA) is 85.4 Å². The molecule has 12 heteroatoms. The number of halogens is 1. The molecule has 0 bridgehead atoms. The van der Waals surface area contributed by atoms with Gasteiger partial charge in [-0.05, 0) is 92.3 Å². The minimum Gasteiger partial charge on any atom is -0.490 e. The molecule has 9 nitrogen and oxygen atoms in total. The van der Waals surface area contributed by atoms with Gasteiger partial charge in [-0.15, -0.1) is 11.8 Å². The Labute approximate surface area is 312 Å². The number of rotatable bonds is 13. The van der Waals surface area contributed by atoms with Gasteiger partial charge >= 0.3 is 0 Å². The molecule has 1 aliphatic heterocycles. The monoisotopic (exact) mass is 734 g/mol. The first-order chi connectivity index (χ1) is 24.3. The maximum absolute atomic E-state index is 14.0. The Hall–Kier alpha value is -3.32. The largest absolute Gasteiger partial charge is 0.490 e. The van der Waals surface area contributed by atoms with Crippen molar-refractivity contribution in [2.45, 2.75) is 74.6 Å². The van der Waals surface area contributed by atoms with Crippen molar-refractivity contribution in [3.63, 3.8) is 0 Å². The van der Waals surface area contributed by atoms with Crippen LogP contribution >= 0.6 is 23.5 Å². The van der Waals surface area contributed by atoms with E-state index in [-0.39, 0.29) is 5.82 Å². The molecule has 4 aromatic rings. The van der Waals surface area contributed by atoms with Crippen molar-refractivity contribution in [1.29, 1.82) is 0 Å². The summed E-state index contributed by atoms with van der Waals surface area (Å²) in [5.74, 6) is 3.01. The molecule has 0 unspecified atom stereocenters. The molecular formula is C39H55FN8OS2. The Balaban J connectivity index is 0.000000488. The molecule has 0 atom stereocenters. The molecule has 0 spiro atoms. The maximum Gasteiger partial charge on any atom is 0.204 e. The fourth-order valence-corrected chi connectivity index (χ4v) is 8.71. The van der Waals surface area contributed by atoms with Crippen molar-refractivity contribution < 1.29 is 9.13 Å². The minimum absolute atomic E-state index is 0.172. The molecule has 276 valence electrons. The number of H-pyrrole nitrogens is 1. The van der Waals surface area contributed by atoms with Crippen LogP contribution in [0, 0.1) is 23.6 Å². The zero-order valence-corrected chi connectivity index (χ0v) is 33.2. The number of anilines is 3. The van der Waals surface area contributed by atoms with Gasteiger partial charge in [0.15, 0.2) is 22.6 Å². The Morgan fingerprint density at radius 3 is 2.24 bits per heavy atom. The Kier molecular flexibility index (Phi) is 13.3. The van der Waals surface area contributed by atoms with Crippen LogP contribution in [0.1, 0.15) is 58.2 Å². The summed E-state index contributed by atoms with van der Waals surface area (Å²) in [5.41, 5.74) is 3.00. The van der Waals surface area contributed by atoms with Crippen LogP contribution in [0.25, 0.3) is 0 Å². The molecule has 2 N–H and O–H groups in total. The number of likely N-dealkylation sites (N-methyl/N-ethyl adjacent to an activating group) is 1. The van der Waals surface area contributed by atoms with Gasteiger partial charge in [0, 0.05) is 66.6 Å². The molecule has 3 heterocycles. The molecule has 2 aromatic heterocycles. The Bertz CT molecular complexity index is 1700. The number of aryl methyl sites for hydroxylation is 1. The first-order valence-electron chi connectivity index (χ1n) is 17.9. The summed E-state index contributed by atoms with van der Waals surface area (Å²) in [7, 11) is 5.87. The van der Waals surface area contributed by atoms with Gasteiger partial charge in [-0.3, -0.25) is 10.00 Å². The maximum atomic E-state index is 14.0. The number of aromatic amines is 1. The second-order valence-corrected chi connectivity index (χ2v) is 17.1. The highest BCUT2D eigenvalue weighted by molar-refractivity contribution is 7.99. The second kappa shape index (κ2) is 17.5. The summed E-state index contributed by atoms with van der Waals surface area (Å²) in [6.07, 6.45) is 4.21. The molecule has 2 aliphatic rings. The van der Waals surface area contributed by atoms with E-state index in [1.54, 1.807) is 24.9 Å². The number of nitrogens with zero attached hydrogens (tertiary/aromatic N) is 6. The van der Waals surface area contributed by atoms with E-state index in [1.165, 1.54) is 37.1 Å². The van der Waals surface area contributed by atoms with Crippen molar-refractivity contribution >= 4 is 41.0 Å². The van der Waals surface area contributed by atoms with Gasteiger partial charge in [0.1, 0.15) is 5.82 Å². The minimum atomic E-state index is -0.172. The van der Waals surface area contributed by atoms with Gasteiger partial charge in [0.25, 0.3) is 0 Å². The van der Waals surface area contributed by atoms with Gasteiger partial charge < -0.3 is 19.9 Å². The summed E-state index contributed by atoms with van der Waals surface area (Å²) in [5, 5.41) is 11.2. The van der Waals surface area contributed by atoms with E-state index in [2.05, 4.69) is 96.3 Å². The lowest BCUT2D eigenvalue weighted by Crippen LogP contribution is -2.48. The van der Waals surface area contributed by atoms with Crippen molar-refractivity contribution in [2.24, 2.45) is 10.8 Å². The summed E-state index contributed by atoms with van der Waals surface area (Å²) >= 11 is 3.10. The smallest absolute Gasteiger partial charge is 0.204 e. The van der Waals surface area contributed by atoms with Crippen LogP contribution in [0.2, 0.25) is 0 Å². The third-order valence-corrected chi connectivity index (χ3v) is 11.5. The zero-order valence-electron chi connectivity index (χ0n) is 31.6. The van der Waals surface area contributed by atoms with Crippen LogP contribution in [0.3, 0.4) is 0 Å². The highest BCUT2D eigenvalue weighted by Crippen LogP contribution is 2.55. The summed E-state index contributed by atoms with van der Waals surface area (Å²) in [6, 6.07) is 17.0. The predicted octanol–water partition coefficient (Wildman–Crippen LogP) is 8.75. The summed E-state index contributed by atoms with van der Waals surface area (Å²) < 4.78 is 19.9. The van der Waals surface area contributed by atoms with Crippen LogP contribution in [0.4, 0.5) is 21.8 Å². The Morgan fingerprint density at radius 1 is 0.980 bits per heavy atom. The van der Waals surface area contributed by atoms with Gasteiger partial charge in [-0.1, -0.05) is 52.3 Å². The highest BCUT2D eigenvalue weighted by atomic mass is 32.2. The fraction of sp³-hybridized carbons (Fsp3) is 0.513. The number of piperazine rings is 1. The van der Waals surface area contributed by atoms with Crippen LogP contribution in [-0.4, -0.2) is 90.4 Å². The molecule has 51 heavy (non-hydrogen) atoms. The quantitative estimate of drug-likeness (QED) is 0.103. The number of thioether (sulfide) groups is 1. The number of nitrogens with one attached hydrogen (secondary N) is 2. The van der Waals surface area contributed by atoms with Crippen LogP contribution in [0.5, 0.6) is 5.75 Å².